The number of aryl methyl sites for hydroxylation is 1. The maximum Gasteiger partial charge on any atom is 0.0420 e. The van der Waals surface area contributed by atoms with Gasteiger partial charge in [0.25, 0.3) is 0 Å². The minimum Gasteiger partial charge on any atom is -0.355 e. The highest BCUT2D eigenvalue weighted by Gasteiger charge is 2.12. The summed E-state index contributed by atoms with van der Waals surface area (Å²) in [6.07, 6.45) is 2.93. The second-order valence-electron chi connectivity index (χ2n) is 4.68. The van der Waals surface area contributed by atoms with Crippen LogP contribution in [0.2, 0.25) is 0 Å². The van der Waals surface area contributed by atoms with Crippen LogP contribution in [0.1, 0.15) is 16.8 Å². The van der Waals surface area contributed by atoms with Gasteiger partial charge in [-0.2, -0.15) is 0 Å². The van der Waals surface area contributed by atoms with Gasteiger partial charge >= 0.3 is 0 Å². The summed E-state index contributed by atoms with van der Waals surface area (Å²) in [6, 6.07) is 10.5. The molecular formula is C15H17N3. The zero-order valence-corrected chi connectivity index (χ0v) is 10.5. The lowest BCUT2D eigenvalue weighted by Crippen LogP contribution is -2.24. The van der Waals surface area contributed by atoms with E-state index in [2.05, 4.69) is 39.9 Å². The maximum atomic E-state index is 4.22. The summed E-state index contributed by atoms with van der Waals surface area (Å²) in [5.74, 6) is 0. The number of aromatic nitrogens is 1. The molecule has 0 saturated heterocycles. The molecule has 3 heteroatoms. The molecule has 3 nitrogen and oxygen atoms in total. The van der Waals surface area contributed by atoms with E-state index in [-0.39, 0.29) is 0 Å². The van der Waals surface area contributed by atoms with Crippen molar-refractivity contribution >= 4 is 11.4 Å². The number of pyridine rings is 1. The van der Waals surface area contributed by atoms with Crippen molar-refractivity contribution in [2.45, 2.75) is 19.9 Å². The molecule has 2 N–H and O–H groups in total. The van der Waals surface area contributed by atoms with Crippen molar-refractivity contribution in [3.05, 3.63) is 53.3 Å². The lowest BCUT2D eigenvalue weighted by molar-refractivity contribution is 0.645. The summed E-state index contributed by atoms with van der Waals surface area (Å²) in [5, 5.41) is 6.91. The second kappa shape index (κ2) is 4.78. The van der Waals surface area contributed by atoms with Gasteiger partial charge in [0.1, 0.15) is 0 Å². The summed E-state index contributed by atoms with van der Waals surface area (Å²) < 4.78 is 0. The van der Waals surface area contributed by atoms with Gasteiger partial charge in [-0.05, 0) is 49.2 Å². The predicted molar refractivity (Wildman–Crippen MR) is 74.1 cm³/mol. The van der Waals surface area contributed by atoms with Gasteiger partial charge in [-0.3, -0.25) is 4.98 Å². The van der Waals surface area contributed by atoms with Crippen molar-refractivity contribution in [1.29, 1.82) is 0 Å². The Morgan fingerprint density at radius 3 is 3.11 bits per heavy atom. The van der Waals surface area contributed by atoms with Crippen molar-refractivity contribution in [3.8, 4) is 0 Å². The number of nitrogens with one attached hydrogen (secondary N) is 2. The highest BCUT2D eigenvalue weighted by molar-refractivity contribution is 5.65. The number of nitrogens with zero attached hydrogens (tertiary/aromatic N) is 1. The first kappa shape index (κ1) is 11.2. The molecular weight excluding hydrogens is 222 g/mol. The van der Waals surface area contributed by atoms with Crippen LogP contribution in [0, 0.1) is 6.92 Å². The molecule has 1 aromatic heterocycles. The third kappa shape index (κ3) is 2.22. The van der Waals surface area contributed by atoms with E-state index >= 15 is 0 Å². The van der Waals surface area contributed by atoms with Gasteiger partial charge in [-0.1, -0.05) is 12.1 Å². The summed E-state index contributed by atoms with van der Waals surface area (Å²) in [6.45, 7) is 4.04. The lowest BCUT2D eigenvalue weighted by atomic mass is 9.99. The summed E-state index contributed by atoms with van der Waals surface area (Å²) in [4.78, 5) is 4.22. The van der Waals surface area contributed by atoms with E-state index in [0.29, 0.717) is 0 Å². The molecule has 3 rings (SSSR count). The van der Waals surface area contributed by atoms with Crippen molar-refractivity contribution in [3.63, 3.8) is 0 Å². The number of hydrogen-bond donors (Lipinski definition) is 2. The van der Waals surface area contributed by atoms with Crippen LogP contribution >= 0.6 is 0 Å². The van der Waals surface area contributed by atoms with E-state index in [1.807, 2.05) is 19.2 Å². The van der Waals surface area contributed by atoms with Crippen molar-refractivity contribution in [2.75, 3.05) is 11.9 Å². The average Bonchev–Trinajstić information content (AvgIpc) is 2.39. The zero-order valence-electron chi connectivity index (χ0n) is 10.5. The first-order chi connectivity index (χ1) is 8.83. The van der Waals surface area contributed by atoms with Crippen molar-refractivity contribution < 1.29 is 0 Å². The minimum atomic E-state index is 0.972. The van der Waals surface area contributed by atoms with Crippen LogP contribution in [-0.2, 0) is 13.0 Å². The molecule has 0 fully saturated rings. The summed E-state index contributed by atoms with van der Waals surface area (Å²) >= 11 is 0. The van der Waals surface area contributed by atoms with Crippen LogP contribution in [0.5, 0.6) is 0 Å². The second-order valence-corrected chi connectivity index (χ2v) is 4.68. The Bertz CT molecular complexity index is 563. The molecule has 0 saturated carbocycles. The number of benzene rings is 1. The van der Waals surface area contributed by atoms with Crippen LogP contribution in [0.15, 0.2) is 36.5 Å². The van der Waals surface area contributed by atoms with Gasteiger partial charge in [0.05, 0.1) is 0 Å². The minimum absolute atomic E-state index is 0.972. The molecule has 0 bridgehead atoms. The molecule has 0 amide bonds. The SMILES string of the molecule is Cc1cc(Nc2cccc3c2CCNC3)ccn1. The fraction of sp³-hybridized carbons (Fsp3) is 0.267. The predicted octanol–water partition coefficient (Wildman–Crippen LogP) is 2.78. The highest BCUT2D eigenvalue weighted by atomic mass is 14.9. The number of anilines is 2. The van der Waals surface area contributed by atoms with Crippen LogP contribution < -0.4 is 10.6 Å². The molecule has 1 aliphatic rings. The summed E-state index contributed by atoms with van der Waals surface area (Å²) in [7, 11) is 0. The first-order valence-electron chi connectivity index (χ1n) is 6.34. The van der Waals surface area contributed by atoms with Crippen LogP contribution in [0.4, 0.5) is 11.4 Å². The van der Waals surface area contributed by atoms with Gasteiger partial charge in [-0.15, -0.1) is 0 Å². The fourth-order valence-corrected chi connectivity index (χ4v) is 2.43. The molecule has 0 spiro atoms. The molecule has 1 aromatic carbocycles. The van der Waals surface area contributed by atoms with E-state index < -0.39 is 0 Å². The number of rotatable bonds is 2. The van der Waals surface area contributed by atoms with Gasteiger partial charge in [-0.25, -0.2) is 0 Å². The molecule has 0 unspecified atom stereocenters. The molecule has 1 aliphatic heterocycles. The van der Waals surface area contributed by atoms with E-state index in [1.54, 1.807) is 0 Å². The van der Waals surface area contributed by atoms with E-state index in [9.17, 15) is 0 Å². The van der Waals surface area contributed by atoms with E-state index in [0.717, 1.165) is 30.9 Å². The highest BCUT2D eigenvalue weighted by Crippen LogP contribution is 2.26. The third-order valence-corrected chi connectivity index (χ3v) is 3.32. The first-order valence-corrected chi connectivity index (χ1v) is 6.34. The average molecular weight is 239 g/mol. The molecule has 2 heterocycles. The topological polar surface area (TPSA) is 37.0 Å². The molecule has 0 aliphatic carbocycles. The Labute approximate surface area is 107 Å². The Morgan fingerprint density at radius 2 is 2.22 bits per heavy atom. The Kier molecular flexibility index (Phi) is 2.99. The van der Waals surface area contributed by atoms with Crippen LogP contribution in [0.3, 0.4) is 0 Å². The van der Waals surface area contributed by atoms with Gasteiger partial charge < -0.3 is 10.6 Å². The molecule has 18 heavy (non-hydrogen) atoms. The Balaban J connectivity index is 1.93. The van der Waals surface area contributed by atoms with Crippen molar-refractivity contribution in [2.24, 2.45) is 0 Å². The largest absolute Gasteiger partial charge is 0.355 e. The lowest BCUT2D eigenvalue weighted by Gasteiger charge is -2.21. The van der Waals surface area contributed by atoms with Gasteiger partial charge in [0, 0.05) is 29.8 Å². The van der Waals surface area contributed by atoms with Crippen molar-refractivity contribution in [1.82, 2.24) is 10.3 Å². The molecule has 0 atom stereocenters. The maximum absolute atomic E-state index is 4.22. The Morgan fingerprint density at radius 1 is 1.28 bits per heavy atom. The quantitative estimate of drug-likeness (QED) is 0.846. The molecule has 0 radical (unpaired) electrons. The fourth-order valence-electron chi connectivity index (χ4n) is 2.43. The molecule has 92 valence electrons. The van der Waals surface area contributed by atoms with Gasteiger partial charge in [0.15, 0.2) is 0 Å². The Hall–Kier alpha value is -1.87. The zero-order chi connectivity index (χ0) is 12.4. The van der Waals surface area contributed by atoms with Crippen LogP contribution in [-0.4, -0.2) is 11.5 Å². The third-order valence-electron chi connectivity index (χ3n) is 3.32. The smallest absolute Gasteiger partial charge is 0.0420 e. The normalized spacial score (nSPS) is 14.1. The standard InChI is InChI=1S/C15H17N3/c1-11-9-13(5-8-17-11)18-15-4-2-3-12-10-16-7-6-14(12)15/h2-5,8-9,16H,6-7,10H2,1H3,(H,17,18). The number of fused-ring (bicyclic) bond motifs is 1. The summed E-state index contributed by atoms with van der Waals surface area (Å²) in [5.41, 5.74) is 6.20. The van der Waals surface area contributed by atoms with Gasteiger partial charge in [0.2, 0.25) is 0 Å². The van der Waals surface area contributed by atoms with Crippen LogP contribution in [0.25, 0.3) is 0 Å². The van der Waals surface area contributed by atoms with E-state index in [4.69, 9.17) is 0 Å². The molecule has 2 aromatic rings. The van der Waals surface area contributed by atoms with E-state index in [1.165, 1.54) is 16.8 Å². The monoisotopic (exact) mass is 239 g/mol. The number of hydrogen-bond acceptors (Lipinski definition) is 3.